The van der Waals surface area contributed by atoms with Crippen LogP contribution in [0.1, 0.15) is 51.3 Å². The predicted molar refractivity (Wildman–Crippen MR) is 92.6 cm³/mol. The zero-order valence-electron chi connectivity index (χ0n) is 14.2. The second kappa shape index (κ2) is 7.76. The van der Waals surface area contributed by atoms with E-state index in [1.165, 1.54) is 0 Å². The normalized spacial score (nSPS) is 23.4. The molecule has 0 spiro atoms. The van der Waals surface area contributed by atoms with Gasteiger partial charge in [0.2, 0.25) is 0 Å². The van der Waals surface area contributed by atoms with Crippen LogP contribution in [0.25, 0.3) is 0 Å². The molecule has 0 unspecified atom stereocenters. The van der Waals surface area contributed by atoms with E-state index in [-0.39, 0.29) is 13.2 Å². The fraction of sp³-hybridized carbons (Fsp3) is 0.556. The highest BCUT2D eigenvalue weighted by Crippen LogP contribution is 2.67. The van der Waals surface area contributed by atoms with Gasteiger partial charge in [0.05, 0.1) is 13.2 Å². The van der Waals surface area contributed by atoms with Crippen molar-refractivity contribution in [1.82, 2.24) is 0 Å². The van der Waals surface area contributed by atoms with Gasteiger partial charge in [0.25, 0.3) is 0 Å². The van der Waals surface area contributed by atoms with Gasteiger partial charge in [-0.1, -0.05) is 36.4 Å². The second-order valence-electron chi connectivity index (χ2n) is 5.89. The van der Waals surface area contributed by atoms with Gasteiger partial charge in [-0.05, 0) is 51.2 Å². The van der Waals surface area contributed by atoms with Crippen molar-refractivity contribution in [3.8, 4) is 0 Å². The number of aliphatic hydroxyl groups is 1. The summed E-state index contributed by atoms with van der Waals surface area (Å²) in [6.45, 7) is 6.04. The molecule has 1 N–H and O–H groups in total. The van der Waals surface area contributed by atoms with Crippen molar-refractivity contribution in [2.24, 2.45) is 0 Å². The van der Waals surface area contributed by atoms with Gasteiger partial charge in [-0.2, -0.15) is 0 Å². The van der Waals surface area contributed by atoms with Crippen LogP contribution in [-0.2, 0) is 13.6 Å². The Balaban J connectivity index is 2.58. The third kappa shape index (κ3) is 3.77. The fourth-order valence-corrected chi connectivity index (χ4v) is 5.80. The molecule has 1 aliphatic rings. The molecule has 0 bridgehead atoms. The summed E-state index contributed by atoms with van der Waals surface area (Å²) >= 11 is 0. The highest BCUT2D eigenvalue weighted by Gasteiger charge is 2.52. The average molecular weight is 338 g/mol. The quantitative estimate of drug-likeness (QED) is 0.570. The summed E-state index contributed by atoms with van der Waals surface area (Å²) in [7, 11) is -3.51. The molecule has 0 amide bonds. The summed E-state index contributed by atoms with van der Waals surface area (Å²) in [5.74, 6) is 0. The van der Waals surface area contributed by atoms with Crippen molar-refractivity contribution in [3.05, 3.63) is 47.5 Å². The highest BCUT2D eigenvalue weighted by atomic mass is 31.2. The van der Waals surface area contributed by atoms with Crippen molar-refractivity contribution in [2.45, 2.75) is 51.3 Å². The molecule has 0 aliphatic heterocycles. The lowest BCUT2D eigenvalue weighted by atomic mass is 9.79. The molecular weight excluding hydrogens is 311 g/mol. The van der Waals surface area contributed by atoms with E-state index < -0.39 is 18.9 Å². The zero-order chi connectivity index (χ0) is 16.9. The van der Waals surface area contributed by atoms with Gasteiger partial charge in [-0.25, -0.2) is 0 Å². The van der Waals surface area contributed by atoms with Crippen LogP contribution < -0.4 is 0 Å². The average Bonchev–Trinajstić information content (AvgIpc) is 2.52. The lowest BCUT2D eigenvalue weighted by molar-refractivity contribution is 0.0433. The van der Waals surface area contributed by atoms with Crippen molar-refractivity contribution < 1.29 is 18.7 Å². The molecule has 1 aromatic rings. The molecule has 2 rings (SSSR count). The van der Waals surface area contributed by atoms with E-state index in [0.29, 0.717) is 6.42 Å². The van der Waals surface area contributed by atoms with Gasteiger partial charge < -0.3 is 14.2 Å². The maximum Gasteiger partial charge on any atom is 0.341 e. The fourth-order valence-electron chi connectivity index (χ4n) is 3.32. The van der Waals surface area contributed by atoms with E-state index in [0.717, 1.165) is 24.0 Å². The first-order valence-electron chi connectivity index (χ1n) is 8.31. The minimum Gasteiger partial charge on any atom is -0.384 e. The maximum absolute atomic E-state index is 13.5. The van der Waals surface area contributed by atoms with Gasteiger partial charge in [0.1, 0.15) is 11.3 Å². The molecule has 2 atom stereocenters. The molecule has 0 aromatic heterocycles. The number of benzene rings is 1. The van der Waals surface area contributed by atoms with E-state index >= 15 is 0 Å². The summed E-state index contributed by atoms with van der Waals surface area (Å²) in [6, 6.07) is 9.44. The SMILES string of the molecule is CCOP(=O)(OCC)[C@@H](c1ccccc1)[C@@]1(O)CCCC=C1C. The summed E-state index contributed by atoms with van der Waals surface area (Å²) < 4.78 is 24.7. The highest BCUT2D eigenvalue weighted by molar-refractivity contribution is 7.54. The van der Waals surface area contributed by atoms with E-state index in [1.54, 1.807) is 13.8 Å². The molecule has 1 aliphatic carbocycles. The van der Waals surface area contributed by atoms with Gasteiger partial charge >= 0.3 is 7.60 Å². The molecule has 5 heteroatoms. The Hall–Kier alpha value is -0.930. The Morgan fingerprint density at radius 2 is 1.83 bits per heavy atom. The van der Waals surface area contributed by atoms with Crippen LogP contribution in [0.3, 0.4) is 0 Å². The van der Waals surface area contributed by atoms with Crippen molar-refractivity contribution >= 4 is 7.60 Å². The molecule has 0 saturated carbocycles. The number of hydrogen-bond acceptors (Lipinski definition) is 4. The summed E-state index contributed by atoms with van der Waals surface area (Å²) in [4.78, 5) is 0. The van der Waals surface area contributed by atoms with Crippen LogP contribution in [0.15, 0.2) is 42.0 Å². The molecule has 0 saturated heterocycles. The van der Waals surface area contributed by atoms with Gasteiger partial charge in [-0.3, -0.25) is 4.57 Å². The molecule has 4 nitrogen and oxygen atoms in total. The summed E-state index contributed by atoms with van der Waals surface area (Å²) in [5, 5.41) is 11.4. The third-order valence-corrected chi connectivity index (χ3v) is 6.99. The first-order chi connectivity index (χ1) is 11.0. The van der Waals surface area contributed by atoms with E-state index in [9.17, 15) is 9.67 Å². The second-order valence-corrected chi connectivity index (χ2v) is 8.00. The first kappa shape index (κ1) is 18.4. The van der Waals surface area contributed by atoms with Crippen LogP contribution in [0.5, 0.6) is 0 Å². The van der Waals surface area contributed by atoms with Crippen molar-refractivity contribution in [2.75, 3.05) is 13.2 Å². The van der Waals surface area contributed by atoms with E-state index in [1.807, 2.05) is 43.3 Å². The van der Waals surface area contributed by atoms with Crippen LogP contribution >= 0.6 is 7.60 Å². The molecule has 0 radical (unpaired) electrons. The lowest BCUT2D eigenvalue weighted by Gasteiger charge is -2.42. The number of allylic oxidation sites excluding steroid dienone is 1. The Labute approximate surface area is 139 Å². The largest absolute Gasteiger partial charge is 0.384 e. The van der Waals surface area contributed by atoms with E-state index in [4.69, 9.17) is 9.05 Å². The molecule has 0 heterocycles. The maximum atomic E-state index is 13.5. The summed E-state index contributed by atoms with van der Waals surface area (Å²) in [6.07, 6.45) is 4.37. The predicted octanol–water partition coefficient (Wildman–Crippen LogP) is 4.86. The van der Waals surface area contributed by atoms with E-state index in [2.05, 4.69) is 0 Å². The number of hydrogen-bond donors (Lipinski definition) is 1. The van der Waals surface area contributed by atoms with Gasteiger partial charge in [0.15, 0.2) is 0 Å². The van der Waals surface area contributed by atoms with Crippen molar-refractivity contribution in [3.63, 3.8) is 0 Å². The molecular formula is C18H27O4P. The van der Waals surface area contributed by atoms with Crippen LogP contribution in [-0.4, -0.2) is 23.9 Å². The van der Waals surface area contributed by atoms with Crippen LogP contribution in [0, 0.1) is 0 Å². The molecule has 128 valence electrons. The minimum absolute atomic E-state index is 0.277. The Morgan fingerprint density at radius 3 is 2.35 bits per heavy atom. The van der Waals surface area contributed by atoms with Crippen LogP contribution in [0.4, 0.5) is 0 Å². The molecule has 23 heavy (non-hydrogen) atoms. The monoisotopic (exact) mass is 338 g/mol. The Bertz CT molecular complexity index is 574. The molecule has 0 fully saturated rings. The number of rotatable bonds is 7. The topological polar surface area (TPSA) is 55.8 Å². The standard InChI is InChI=1S/C18H27O4P/c1-4-21-23(20,22-5-2)17(16-12-7-6-8-13-16)18(19)14-10-9-11-15(18)3/h6-8,11-13,17,19H,4-5,9-10,14H2,1-3H3/t17-,18+/m0/s1. The first-order valence-corrected chi connectivity index (χ1v) is 9.92. The zero-order valence-corrected chi connectivity index (χ0v) is 15.1. The molecule has 1 aromatic carbocycles. The van der Waals surface area contributed by atoms with Crippen LogP contribution in [0.2, 0.25) is 0 Å². The lowest BCUT2D eigenvalue weighted by Crippen LogP contribution is -2.40. The van der Waals surface area contributed by atoms with Crippen molar-refractivity contribution in [1.29, 1.82) is 0 Å². The van der Waals surface area contributed by atoms with Gasteiger partial charge in [0, 0.05) is 0 Å². The third-order valence-electron chi connectivity index (χ3n) is 4.40. The van der Waals surface area contributed by atoms with Gasteiger partial charge in [-0.15, -0.1) is 0 Å². The smallest absolute Gasteiger partial charge is 0.341 e. The Morgan fingerprint density at radius 1 is 1.22 bits per heavy atom. The minimum atomic E-state index is -3.51. The summed E-state index contributed by atoms with van der Waals surface area (Å²) in [5.41, 5.74) is -0.292. The Kier molecular flexibility index (Phi) is 6.21.